The van der Waals surface area contributed by atoms with Crippen molar-refractivity contribution in [1.82, 2.24) is 4.90 Å². The summed E-state index contributed by atoms with van der Waals surface area (Å²) >= 11 is 0. The smallest absolute Gasteiger partial charge is 0.312 e. The molecule has 1 atom stereocenters. The Hall–Kier alpha value is -2.14. The number of halogens is 1. The molecule has 28 heavy (non-hydrogen) atoms. The number of carbonyl (C=O) groups excluding carboxylic acids is 1. The van der Waals surface area contributed by atoms with E-state index in [1.807, 2.05) is 53.7 Å². The van der Waals surface area contributed by atoms with Gasteiger partial charge in [-0.05, 0) is 72.1 Å². The topological polar surface area (TPSA) is 55.6 Å². The lowest BCUT2D eigenvalue weighted by molar-refractivity contribution is -0.165. The molecule has 1 aliphatic heterocycles. The van der Waals surface area contributed by atoms with Gasteiger partial charge in [0, 0.05) is 7.05 Å². The van der Waals surface area contributed by atoms with E-state index in [0.717, 1.165) is 11.1 Å². The summed E-state index contributed by atoms with van der Waals surface area (Å²) in [6, 6.07) is 0. The fraction of sp³-hybridized carbons (Fsp3) is 0.522. The first-order valence-electron chi connectivity index (χ1n) is 9.59. The highest BCUT2D eigenvalue weighted by Crippen LogP contribution is 2.33. The number of hydrogen-bond donors (Lipinski definition) is 1. The maximum absolute atomic E-state index is 14.5. The summed E-state index contributed by atoms with van der Waals surface area (Å²) in [7, 11) is 1.76. The van der Waals surface area contributed by atoms with E-state index in [-0.39, 0.29) is 18.0 Å². The third kappa shape index (κ3) is 6.48. The summed E-state index contributed by atoms with van der Waals surface area (Å²) in [4.78, 5) is 14.3. The van der Waals surface area contributed by atoms with Gasteiger partial charge in [-0.3, -0.25) is 4.79 Å². The normalized spacial score (nSPS) is 19.2. The second kappa shape index (κ2) is 9.37. The van der Waals surface area contributed by atoms with Crippen molar-refractivity contribution in [2.45, 2.75) is 66.2 Å². The molecule has 0 saturated heterocycles. The lowest BCUT2D eigenvalue weighted by atomic mass is 9.83. The van der Waals surface area contributed by atoms with Gasteiger partial charge in [-0.1, -0.05) is 23.8 Å². The molecule has 5 heteroatoms. The molecule has 1 aliphatic rings. The van der Waals surface area contributed by atoms with Crippen molar-refractivity contribution in [1.29, 1.82) is 0 Å². The maximum atomic E-state index is 14.5. The minimum Gasteiger partial charge on any atom is -0.460 e. The van der Waals surface area contributed by atoms with Crippen LogP contribution in [0.2, 0.25) is 0 Å². The molecule has 1 heterocycles. The van der Waals surface area contributed by atoms with Crippen LogP contribution in [0.4, 0.5) is 4.39 Å². The number of nitrogens with zero attached hydrogens (tertiary/aromatic N) is 1. The highest BCUT2D eigenvalue weighted by atomic mass is 19.1. The van der Waals surface area contributed by atoms with Gasteiger partial charge in [-0.2, -0.15) is 0 Å². The Morgan fingerprint density at radius 3 is 2.46 bits per heavy atom. The quantitative estimate of drug-likeness (QED) is 0.371. The van der Waals surface area contributed by atoms with E-state index in [4.69, 9.17) is 10.5 Å². The van der Waals surface area contributed by atoms with Crippen LogP contribution in [0.1, 0.15) is 54.4 Å². The van der Waals surface area contributed by atoms with E-state index in [2.05, 4.69) is 6.58 Å². The zero-order chi connectivity index (χ0) is 21.7. The number of allylic oxidation sites excluding steroid dienone is 6. The molecule has 1 rings (SSSR count). The first-order chi connectivity index (χ1) is 12.8. The summed E-state index contributed by atoms with van der Waals surface area (Å²) < 4.78 is 20.1. The van der Waals surface area contributed by atoms with Crippen LogP contribution >= 0.6 is 0 Å². The monoisotopic (exact) mass is 390 g/mol. The van der Waals surface area contributed by atoms with Crippen LogP contribution in [0.3, 0.4) is 0 Å². The van der Waals surface area contributed by atoms with E-state index in [1.54, 1.807) is 24.1 Å². The number of rotatable bonds is 7. The van der Waals surface area contributed by atoms with Crippen LogP contribution in [-0.2, 0) is 9.53 Å². The van der Waals surface area contributed by atoms with Gasteiger partial charge >= 0.3 is 5.97 Å². The van der Waals surface area contributed by atoms with Crippen LogP contribution in [0.25, 0.3) is 0 Å². The van der Waals surface area contributed by atoms with Gasteiger partial charge < -0.3 is 15.4 Å². The summed E-state index contributed by atoms with van der Waals surface area (Å²) in [6.07, 6.45) is 9.24. The molecular formula is C23H35FN2O2. The first-order valence-corrected chi connectivity index (χ1v) is 9.59. The van der Waals surface area contributed by atoms with Gasteiger partial charge in [0.15, 0.2) is 0 Å². The van der Waals surface area contributed by atoms with E-state index in [9.17, 15) is 9.18 Å². The van der Waals surface area contributed by atoms with Crippen molar-refractivity contribution in [2.24, 2.45) is 11.1 Å². The van der Waals surface area contributed by atoms with Gasteiger partial charge in [0.1, 0.15) is 11.4 Å². The van der Waals surface area contributed by atoms with Crippen LogP contribution in [0, 0.1) is 5.41 Å². The molecule has 0 aromatic carbocycles. The molecule has 0 amide bonds. The van der Waals surface area contributed by atoms with E-state index in [1.165, 1.54) is 6.08 Å². The Bertz CT molecular complexity index is 721. The Labute approximate surface area is 169 Å². The van der Waals surface area contributed by atoms with Crippen LogP contribution in [0.5, 0.6) is 0 Å². The molecule has 0 saturated carbocycles. The van der Waals surface area contributed by atoms with E-state index in [0.29, 0.717) is 18.5 Å². The molecular weight excluding hydrogens is 355 g/mol. The number of hydrogen-bond acceptors (Lipinski definition) is 4. The van der Waals surface area contributed by atoms with Crippen molar-refractivity contribution in [3.8, 4) is 0 Å². The average molecular weight is 391 g/mol. The summed E-state index contributed by atoms with van der Waals surface area (Å²) in [5.41, 5.74) is 6.88. The Kier molecular flexibility index (Phi) is 8.00. The highest BCUT2D eigenvalue weighted by Gasteiger charge is 2.33. The Balaban J connectivity index is 3.22. The fourth-order valence-corrected chi connectivity index (χ4v) is 2.98. The minimum absolute atomic E-state index is 0.262. The first kappa shape index (κ1) is 23.9. The molecule has 4 nitrogen and oxygen atoms in total. The van der Waals surface area contributed by atoms with Crippen molar-refractivity contribution in [3.05, 3.63) is 59.6 Å². The standard InChI is InChI=1S/C23H35FN2O2/c1-9-11-16(15-23(6,7)21(27)28-22(3,4)5)14-17(10-2)20-18(24)12-13-19(25)26(20)8/h9-10,12-14,19H,1,11,15,25H2,2-8H3/b16-14+,17-10+. The molecule has 0 aliphatic carbocycles. The van der Waals surface area contributed by atoms with Crippen molar-refractivity contribution >= 4 is 5.97 Å². The summed E-state index contributed by atoms with van der Waals surface area (Å²) in [6.45, 7) is 14.9. The zero-order valence-electron chi connectivity index (χ0n) is 18.3. The van der Waals surface area contributed by atoms with E-state index >= 15 is 0 Å². The predicted molar refractivity (Wildman–Crippen MR) is 114 cm³/mol. The van der Waals surface area contributed by atoms with Gasteiger partial charge in [0.25, 0.3) is 0 Å². The van der Waals surface area contributed by atoms with Crippen molar-refractivity contribution in [3.63, 3.8) is 0 Å². The fourth-order valence-electron chi connectivity index (χ4n) is 2.98. The summed E-state index contributed by atoms with van der Waals surface area (Å²) in [5.74, 6) is -0.597. The lowest BCUT2D eigenvalue weighted by Crippen LogP contribution is -2.39. The molecule has 0 aromatic rings. The van der Waals surface area contributed by atoms with Gasteiger partial charge in [0.2, 0.25) is 0 Å². The van der Waals surface area contributed by atoms with Gasteiger partial charge in [-0.15, -0.1) is 6.58 Å². The minimum atomic E-state index is -0.720. The molecule has 0 fully saturated rings. The largest absolute Gasteiger partial charge is 0.460 e. The second-order valence-corrected chi connectivity index (χ2v) is 8.76. The van der Waals surface area contributed by atoms with Crippen LogP contribution in [-0.4, -0.2) is 29.7 Å². The van der Waals surface area contributed by atoms with E-state index < -0.39 is 11.0 Å². The third-order valence-electron chi connectivity index (χ3n) is 4.44. The van der Waals surface area contributed by atoms with Crippen LogP contribution in [0.15, 0.2) is 59.6 Å². The van der Waals surface area contributed by atoms with Gasteiger partial charge in [-0.25, -0.2) is 4.39 Å². The second-order valence-electron chi connectivity index (χ2n) is 8.76. The molecule has 156 valence electrons. The maximum Gasteiger partial charge on any atom is 0.312 e. The molecule has 1 unspecified atom stereocenters. The number of esters is 1. The Morgan fingerprint density at radius 1 is 1.36 bits per heavy atom. The van der Waals surface area contributed by atoms with Crippen molar-refractivity contribution < 1.29 is 13.9 Å². The van der Waals surface area contributed by atoms with Crippen LogP contribution < -0.4 is 5.73 Å². The molecule has 0 bridgehead atoms. The van der Waals surface area contributed by atoms with Gasteiger partial charge in [0.05, 0.1) is 17.3 Å². The molecule has 0 radical (unpaired) electrons. The molecule has 0 spiro atoms. The molecule has 0 aromatic heterocycles. The Morgan fingerprint density at radius 2 is 1.96 bits per heavy atom. The number of carbonyl (C=O) groups is 1. The summed E-state index contributed by atoms with van der Waals surface area (Å²) in [5, 5.41) is 0. The third-order valence-corrected chi connectivity index (χ3v) is 4.44. The number of likely N-dealkylation sites (N-methyl/N-ethyl adjacent to an activating group) is 1. The lowest BCUT2D eigenvalue weighted by Gasteiger charge is -2.32. The number of nitrogens with two attached hydrogens (primary N) is 1. The molecule has 2 N–H and O–H groups in total. The number of ether oxygens (including phenoxy) is 1. The van der Waals surface area contributed by atoms with Crippen molar-refractivity contribution in [2.75, 3.05) is 7.05 Å². The SMILES string of the molecule is C=CC/C(=C\C(=C/C)C1=C(F)C=CC(N)N1C)CC(C)(C)C(=O)OC(C)(C)C. The predicted octanol–water partition coefficient (Wildman–Crippen LogP) is 5.16. The average Bonchev–Trinajstić information content (AvgIpc) is 2.55. The zero-order valence-corrected chi connectivity index (χ0v) is 18.3. The highest BCUT2D eigenvalue weighted by molar-refractivity contribution is 5.76.